The van der Waals surface area contributed by atoms with Crippen LogP contribution in [0.25, 0.3) is 11.1 Å². The van der Waals surface area contributed by atoms with Crippen LogP contribution in [-0.4, -0.2) is 37.2 Å². The molecule has 250 valence electrons. The summed E-state index contributed by atoms with van der Waals surface area (Å²) in [6.07, 6.45) is 14.8. The van der Waals surface area contributed by atoms with Gasteiger partial charge in [-0.1, -0.05) is 133 Å². The van der Waals surface area contributed by atoms with Gasteiger partial charge in [0.25, 0.3) is 0 Å². The summed E-state index contributed by atoms with van der Waals surface area (Å²) in [6.45, 7) is 5.58. The van der Waals surface area contributed by atoms with Crippen molar-refractivity contribution in [2.45, 2.75) is 136 Å². The summed E-state index contributed by atoms with van der Waals surface area (Å²) >= 11 is 0. The summed E-state index contributed by atoms with van der Waals surface area (Å²) in [5, 5.41) is 0. The molecule has 2 rings (SSSR count). The molecule has 1 atom stereocenters. The number of halogens is 1. The standard InChI is InChI=1S/C38H55FO6/c1-4-6-8-10-12-14-19-23-36(40)43-28-33(29-44-37(41)24-20-15-13-11-9-7-5-2)45-38(42)30(3)32-25-26-34(35(39)27-32)31-21-17-16-18-22-31/h16-18,21-22,25-27,30,33H,4-15,19-20,23-24,28-29H2,1-3H3/t30-/m0/s1. The van der Waals surface area contributed by atoms with Crippen LogP contribution in [0.2, 0.25) is 0 Å². The third kappa shape index (κ3) is 16.1. The number of rotatable bonds is 24. The molecule has 0 unspecified atom stereocenters. The van der Waals surface area contributed by atoms with E-state index in [-0.39, 0.29) is 38.0 Å². The number of carbonyl (C=O) groups excluding carboxylic acids is 3. The Morgan fingerprint density at radius 3 is 1.64 bits per heavy atom. The van der Waals surface area contributed by atoms with Gasteiger partial charge in [-0.15, -0.1) is 0 Å². The molecule has 0 bridgehead atoms. The van der Waals surface area contributed by atoms with E-state index in [1.54, 1.807) is 19.1 Å². The zero-order chi connectivity index (χ0) is 32.7. The second-order valence-corrected chi connectivity index (χ2v) is 12.0. The molecular formula is C38H55FO6. The molecule has 0 spiro atoms. The van der Waals surface area contributed by atoms with Crippen LogP contribution in [0.1, 0.15) is 135 Å². The summed E-state index contributed by atoms with van der Waals surface area (Å²) in [4.78, 5) is 37.9. The Kier molecular flexibility index (Phi) is 19.5. The lowest BCUT2D eigenvalue weighted by Crippen LogP contribution is -2.32. The Bertz CT molecular complexity index is 1080. The van der Waals surface area contributed by atoms with Crippen LogP contribution in [0.5, 0.6) is 0 Å². The van der Waals surface area contributed by atoms with Crippen molar-refractivity contribution in [2.75, 3.05) is 13.2 Å². The van der Waals surface area contributed by atoms with E-state index in [0.29, 0.717) is 11.1 Å². The molecule has 2 aromatic carbocycles. The molecule has 0 aliphatic heterocycles. The van der Waals surface area contributed by atoms with Gasteiger partial charge in [-0.3, -0.25) is 14.4 Å². The maximum atomic E-state index is 15.0. The molecule has 6 nitrogen and oxygen atoms in total. The first-order valence-corrected chi connectivity index (χ1v) is 17.2. The summed E-state index contributed by atoms with van der Waals surface area (Å²) in [6, 6.07) is 13.9. The maximum Gasteiger partial charge on any atom is 0.313 e. The zero-order valence-electron chi connectivity index (χ0n) is 27.8. The molecule has 0 aromatic heterocycles. The first-order chi connectivity index (χ1) is 21.8. The van der Waals surface area contributed by atoms with E-state index in [1.165, 1.54) is 57.4 Å². The van der Waals surface area contributed by atoms with E-state index in [9.17, 15) is 18.8 Å². The Labute approximate surface area is 270 Å². The monoisotopic (exact) mass is 626 g/mol. The van der Waals surface area contributed by atoms with Crippen molar-refractivity contribution in [3.8, 4) is 11.1 Å². The average molecular weight is 627 g/mol. The highest BCUT2D eigenvalue weighted by Gasteiger charge is 2.25. The fraction of sp³-hybridized carbons (Fsp3) is 0.605. The van der Waals surface area contributed by atoms with Crippen molar-refractivity contribution < 1.29 is 33.0 Å². The van der Waals surface area contributed by atoms with Gasteiger partial charge in [0.05, 0.1) is 5.92 Å². The molecule has 7 heteroatoms. The van der Waals surface area contributed by atoms with Gasteiger partial charge in [-0.05, 0) is 37.0 Å². The lowest BCUT2D eigenvalue weighted by atomic mass is 9.97. The van der Waals surface area contributed by atoms with Crippen LogP contribution < -0.4 is 0 Å². The number of unbranched alkanes of at least 4 members (excludes halogenated alkanes) is 12. The second-order valence-electron chi connectivity index (χ2n) is 12.0. The number of hydrogen-bond donors (Lipinski definition) is 0. The Hall–Kier alpha value is -3.22. The van der Waals surface area contributed by atoms with Gasteiger partial charge in [0.2, 0.25) is 0 Å². The van der Waals surface area contributed by atoms with E-state index in [0.717, 1.165) is 44.1 Å². The number of carbonyl (C=O) groups is 3. The van der Waals surface area contributed by atoms with E-state index in [1.807, 2.05) is 30.3 Å². The normalized spacial score (nSPS) is 11.8. The maximum absolute atomic E-state index is 15.0. The summed E-state index contributed by atoms with van der Waals surface area (Å²) in [5.74, 6) is -2.57. The number of hydrogen-bond acceptors (Lipinski definition) is 6. The Morgan fingerprint density at radius 2 is 1.16 bits per heavy atom. The van der Waals surface area contributed by atoms with Crippen LogP contribution in [0.4, 0.5) is 4.39 Å². The minimum atomic E-state index is -0.954. The Morgan fingerprint density at radius 1 is 0.667 bits per heavy atom. The van der Waals surface area contributed by atoms with Crippen molar-refractivity contribution in [1.29, 1.82) is 0 Å². The van der Waals surface area contributed by atoms with Crippen molar-refractivity contribution in [2.24, 2.45) is 0 Å². The minimum absolute atomic E-state index is 0.209. The first kappa shape index (κ1) is 38.0. The molecule has 0 aliphatic rings. The SMILES string of the molecule is CCCCCCCCCC(=O)OCC(COC(=O)CCCCCCCCC)OC(=O)[C@@H](C)c1ccc(-c2ccccc2)c(F)c1. The van der Waals surface area contributed by atoms with Crippen LogP contribution in [0.3, 0.4) is 0 Å². The average Bonchev–Trinajstić information content (AvgIpc) is 3.05. The van der Waals surface area contributed by atoms with Crippen LogP contribution >= 0.6 is 0 Å². The lowest BCUT2D eigenvalue weighted by Gasteiger charge is -2.21. The van der Waals surface area contributed by atoms with Gasteiger partial charge in [-0.2, -0.15) is 0 Å². The lowest BCUT2D eigenvalue weighted by molar-refractivity contribution is -0.167. The molecule has 0 saturated carbocycles. The highest BCUT2D eigenvalue weighted by molar-refractivity contribution is 5.78. The predicted molar refractivity (Wildman–Crippen MR) is 177 cm³/mol. The third-order valence-corrected chi connectivity index (χ3v) is 8.04. The van der Waals surface area contributed by atoms with Crippen LogP contribution in [0.15, 0.2) is 48.5 Å². The molecule has 0 aliphatic carbocycles. The fourth-order valence-electron chi connectivity index (χ4n) is 5.14. The first-order valence-electron chi connectivity index (χ1n) is 17.2. The number of esters is 3. The molecule has 0 amide bonds. The second kappa shape index (κ2) is 23.2. The van der Waals surface area contributed by atoms with Gasteiger partial charge >= 0.3 is 17.9 Å². The van der Waals surface area contributed by atoms with Gasteiger partial charge < -0.3 is 14.2 Å². The molecule has 2 aromatic rings. The smallest absolute Gasteiger partial charge is 0.313 e. The molecule has 45 heavy (non-hydrogen) atoms. The van der Waals surface area contributed by atoms with E-state index >= 15 is 0 Å². The van der Waals surface area contributed by atoms with Crippen molar-refractivity contribution in [3.05, 3.63) is 59.9 Å². The van der Waals surface area contributed by atoms with Crippen molar-refractivity contribution >= 4 is 17.9 Å². The highest BCUT2D eigenvalue weighted by Crippen LogP contribution is 2.27. The van der Waals surface area contributed by atoms with Gasteiger partial charge in [0.15, 0.2) is 6.10 Å². The Balaban J connectivity index is 1.91. The van der Waals surface area contributed by atoms with Crippen LogP contribution in [0, 0.1) is 5.82 Å². The molecule has 0 N–H and O–H groups in total. The molecule has 0 saturated heterocycles. The van der Waals surface area contributed by atoms with Gasteiger partial charge in [-0.25, -0.2) is 4.39 Å². The van der Waals surface area contributed by atoms with Gasteiger partial charge in [0.1, 0.15) is 19.0 Å². The van der Waals surface area contributed by atoms with Crippen molar-refractivity contribution in [3.63, 3.8) is 0 Å². The summed E-state index contributed by atoms with van der Waals surface area (Å²) < 4.78 is 31.5. The molecular weight excluding hydrogens is 571 g/mol. The summed E-state index contributed by atoms with van der Waals surface area (Å²) in [7, 11) is 0. The fourth-order valence-corrected chi connectivity index (χ4v) is 5.14. The number of benzene rings is 2. The molecule has 0 heterocycles. The molecule has 0 radical (unpaired) electrons. The van der Waals surface area contributed by atoms with Crippen LogP contribution in [-0.2, 0) is 28.6 Å². The van der Waals surface area contributed by atoms with E-state index < -0.39 is 23.8 Å². The van der Waals surface area contributed by atoms with E-state index in [4.69, 9.17) is 14.2 Å². The summed E-state index contributed by atoms with van der Waals surface area (Å²) in [5.41, 5.74) is 1.65. The highest BCUT2D eigenvalue weighted by atomic mass is 19.1. The predicted octanol–water partition coefficient (Wildman–Crippen LogP) is 9.88. The third-order valence-electron chi connectivity index (χ3n) is 8.04. The van der Waals surface area contributed by atoms with Gasteiger partial charge in [0, 0.05) is 18.4 Å². The topological polar surface area (TPSA) is 78.9 Å². The quantitative estimate of drug-likeness (QED) is 0.0656. The largest absolute Gasteiger partial charge is 0.462 e. The number of ether oxygens (including phenoxy) is 3. The molecule has 0 fully saturated rings. The van der Waals surface area contributed by atoms with E-state index in [2.05, 4.69) is 13.8 Å². The minimum Gasteiger partial charge on any atom is -0.462 e. The zero-order valence-corrected chi connectivity index (χ0v) is 27.8. The van der Waals surface area contributed by atoms with Crippen molar-refractivity contribution in [1.82, 2.24) is 0 Å².